The third-order valence-corrected chi connectivity index (χ3v) is 5.01. The minimum atomic E-state index is -0.295. The maximum Gasteiger partial charge on any atom is 0.254 e. The van der Waals surface area contributed by atoms with Crippen molar-refractivity contribution >= 4 is 11.9 Å². The Hall–Kier alpha value is -1.73. The van der Waals surface area contributed by atoms with Crippen LogP contribution in [0.15, 0.2) is 12.4 Å². The molecule has 0 spiro atoms. The molecule has 0 aromatic carbocycles. The minimum Gasteiger partial charge on any atom is -0.378 e. The number of ether oxygens (including phenoxy) is 1. The van der Waals surface area contributed by atoms with Gasteiger partial charge >= 0.3 is 0 Å². The molecule has 144 valence electrons. The lowest BCUT2D eigenvalue weighted by Crippen LogP contribution is -2.53. The van der Waals surface area contributed by atoms with Gasteiger partial charge in [0.2, 0.25) is 5.95 Å². The normalized spacial score (nSPS) is 22.3. The first-order chi connectivity index (χ1) is 12.4. The summed E-state index contributed by atoms with van der Waals surface area (Å²) in [5.74, 6) is 1.27. The second-order valence-electron chi connectivity index (χ2n) is 8.19. The second kappa shape index (κ2) is 8.31. The number of nitrogens with one attached hydrogen (secondary N) is 1. The van der Waals surface area contributed by atoms with E-state index in [2.05, 4.69) is 45.9 Å². The highest BCUT2D eigenvalue weighted by atomic mass is 16.5. The molecule has 7 heteroatoms. The number of amides is 1. The van der Waals surface area contributed by atoms with E-state index in [0.29, 0.717) is 24.7 Å². The molecular formula is C19H31N5O2. The Labute approximate surface area is 156 Å². The number of likely N-dealkylation sites (tertiary alicyclic amines) is 1. The van der Waals surface area contributed by atoms with E-state index in [4.69, 9.17) is 4.74 Å². The quantitative estimate of drug-likeness (QED) is 0.858. The lowest BCUT2D eigenvalue weighted by Gasteiger charge is -2.37. The van der Waals surface area contributed by atoms with Gasteiger partial charge in [0.1, 0.15) is 0 Å². The number of aromatic nitrogens is 2. The Kier molecular flexibility index (Phi) is 6.09. The average molecular weight is 361 g/mol. The zero-order chi connectivity index (χ0) is 18.6. The molecule has 7 nitrogen and oxygen atoms in total. The van der Waals surface area contributed by atoms with E-state index in [1.807, 2.05) is 0 Å². The Morgan fingerprint density at radius 1 is 1.27 bits per heavy atom. The Morgan fingerprint density at radius 2 is 1.96 bits per heavy atom. The average Bonchev–Trinajstić information content (AvgIpc) is 2.62. The SMILES string of the molecule is C[C@H]1CCCN(CC(C)(C)NC(=O)c2cnc(N3CCOCC3)nc2)C1. The fourth-order valence-electron chi connectivity index (χ4n) is 3.77. The number of rotatable bonds is 5. The van der Waals surface area contributed by atoms with E-state index in [1.54, 1.807) is 12.4 Å². The summed E-state index contributed by atoms with van der Waals surface area (Å²) in [7, 11) is 0. The molecule has 2 aliphatic heterocycles. The summed E-state index contributed by atoms with van der Waals surface area (Å²) in [5, 5.41) is 3.14. The first-order valence-electron chi connectivity index (χ1n) is 9.62. The molecule has 26 heavy (non-hydrogen) atoms. The molecule has 0 bridgehead atoms. The monoisotopic (exact) mass is 361 g/mol. The molecule has 1 N–H and O–H groups in total. The van der Waals surface area contributed by atoms with Crippen LogP contribution in [-0.4, -0.2) is 72.3 Å². The Morgan fingerprint density at radius 3 is 2.62 bits per heavy atom. The number of piperidine rings is 1. The smallest absolute Gasteiger partial charge is 0.254 e. The summed E-state index contributed by atoms with van der Waals surface area (Å²) in [5.41, 5.74) is 0.207. The van der Waals surface area contributed by atoms with Gasteiger partial charge in [-0.2, -0.15) is 0 Å². The fraction of sp³-hybridized carbons (Fsp3) is 0.737. The van der Waals surface area contributed by atoms with Gasteiger partial charge in [0.05, 0.1) is 18.8 Å². The minimum absolute atomic E-state index is 0.117. The van der Waals surface area contributed by atoms with Crippen LogP contribution in [0.1, 0.15) is 44.0 Å². The van der Waals surface area contributed by atoms with Crippen molar-refractivity contribution in [2.75, 3.05) is 50.8 Å². The third kappa shape index (κ3) is 5.14. The number of hydrogen-bond acceptors (Lipinski definition) is 6. The van der Waals surface area contributed by atoms with Crippen molar-refractivity contribution in [3.05, 3.63) is 18.0 Å². The van der Waals surface area contributed by atoms with Crippen molar-refractivity contribution in [3.63, 3.8) is 0 Å². The van der Waals surface area contributed by atoms with Gasteiger partial charge in [0.25, 0.3) is 5.91 Å². The van der Waals surface area contributed by atoms with Crippen LogP contribution >= 0.6 is 0 Å². The van der Waals surface area contributed by atoms with Crippen LogP contribution in [0.4, 0.5) is 5.95 Å². The number of nitrogens with zero attached hydrogens (tertiary/aromatic N) is 4. The van der Waals surface area contributed by atoms with E-state index >= 15 is 0 Å². The zero-order valence-electron chi connectivity index (χ0n) is 16.2. The van der Waals surface area contributed by atoms with E-state index in [1.165, 1.54) is 12.8 Å². The molecule has 2 saturated heterocycles. The molecule has 2 aliphatic rings. The maximum absolute atomic E-state index is 12.6. The predicted octanol–water partition coefficient (Wildman–Crippen LogP) is 1.55. The van der Waals surface area contributed by atoms with Crippen LogP contribution in [0, 0.1) is 5.92 Å². The van der Waals surface area contributed by atoms with Crippen molar-refractivity contribution in [2.45, 2.75) is 39.2 Å². The first kappa shape index (κ1) is 19.0. The Bertz CT molecular complexity index is 598. The van der Waals surface area contributed by atoms with Crippen molar-refractivity contribution < 1.29 is 9.53 Å². The summed E-state index contributed by atoms with van der Waals surface area (Å²) in [6.07, 6.45) is 5.77. The van der Waals surface area contributed by atoms with Crippen molar-refractivity contribution in [3.8, 4) is 0 Å². The van der Waals surface area contributed by atoms with Crippen LogP contribution in [0.5, 0.6) is 0 Å². The molecular weight excluding hydrogens is 330 g/mol. The molecule has 0 aliphatic carbocycles. The number of carbonyl (C=O) groups excluding carboxylic acids is 1. The van der Waals surface area contributed by atoms with Crippen LogP contribution in [0.3, 0.4) is 0 Å². The van der Waals surface area contributed by atoms with Crippen LogP contribution in [0.2, 0.25) is 0 Å². The van der Waals surface area contributed by atoms with E-state index in [-0.39, 0.29) is 11.4 Å². The molecule has 0 radical (unpaired) electrons. The highest BCUT2D eigenvalue weighted by Crippen LogP contribution is 2.18. The molecule has 2 fully saturated rings. The molecule has 1 amide bonds. The van der Waals surface area contributed by atoms with Gasteiger partial charge in [0, 0.05) is 44.1 Å². The van der Waals surface area contributed by atoms with Crippen molar-refractivity contribution in [1.29, 1.82) is 0 Å². The summed E-state index contributed by atoms with van der Waals surface area (Å²) in [4.78, 5) is 25.9. The fourth-order valence-corrected chi connectivity index (χ4v) is 3.77. The third-order valence-electron chi connectivity index (χ3n) is 5.01. The number of morpholine rings is 1. The molecule has 0 saturated carbocycles. The topological polar surface area (TPSA) is 70.6 Å². The number of carbonyl (C=O) groups is 1. The van der Waals surface area contributed by atoms with Crippen LogP contribution < -0.4 is 10.2 Å². The number of anilines is 1. The van der Waals surface area contributed by atoms with Crippen LogP contribution in [-0.2, 0) is 4.74 Å². The largest absolute Gasteiger partial charge is 0.378 e. The molecule has 1 aromatic rings. The van der Waals surface area contributed by atoms with Gasteiger partial charge in [-0.05, 0) is 39.2 Å². The molecule has 1 aromatic heterocycles. The van der Waals surface area contributed by atoms with Gasteiger partial charge in [-0.15, -0.1) is 0 Å². The van der Waals surface area contributed by atoms with E-state index in [9.17, 15) is 4.79 Å². The standard InChI is InChI=1S/C19H31N5O2/c1-15-5-4-6-23(13-15)14-19(2,3)22-17(25)16-11-20-18(21-12-16)24-7-9-26-10-8-24/h11-12,15H,4-10,13-14H2,1-3H3,(H,22,25)/t15-/m0/s1. The van der Waals surface area contributed by atoms with E-state index in [0.717, 1.165) is 38.6 Å². The summed E-state index contributed by atoms with van der Waals surface area (Å²) in [6, 6.07) is 0. The van der Waals surface area contributed by atoms with Crippen molar-refractivity contribution in [2.24, 2.45) is 5.92 Å². The van der Waals surface area contributed by atoms with Crippen molar-refractivity contribution in [1.82, 2.24) is 20.2 Å². The highest BCUT2D eigenvalue weighted by molar-refractivity contribution is 5.94. The Balaban J connectivity index is 1.56. The lowest BCUT2D eigenvalue weighted by molar-refractivity contribution is 0.0862. The summed E-state index contributed by atoms with van der Waals surface area (Å²) >= 11 is 0. The highest BCUT2D eigenvalue weighted by Gasteiger charge is 2.27. The van der Waals surface area contributed by atoms with Crippen LogP contribution in [0.25, 0.3) is 0 Å². The second-order valence-corrected chi connectivity index (χ2v) is 8.19. The van der Waals surface area contributed by atoms with Gasteiger partial charge in [-0.3, -0.25) is 4.79 Å². The van der Waals surface area contributed by atoms with E-state index < -0.39 is 0 Å². The van der Waals surface area contributed by atoms with Gasteiger partial charge < -0.3 is 19.9 Å². The zero-order valence-corrected chi connectivity index (χ0v) is 16.2. The summed E-state index contributed by atoms with van der Waals surface area (Å²) in [6.45, 7) is 12.5. The van der Waals surface area contributed by atoms with Gasteiger partial charge in [-0.1, -0.05) is 6.92 Å². The summed E-state index contributed by atoms with van der Waals surface area (Å²) < 4.78 is 5.34. The number of hydrogen-bond donors (Lipinski definition) is 1. The predicted molar refractivity (Wildman–Crippen MR) is 101 cm³/mol. The van der Waals surface area contributed by atoms with Gasteiger partial charge in [0.15, 0.2) is 0 Å². The first-order valence-corrected chi connectivity index (χ1v) is 9.62. The lowest BCUT2D eigenvalue weighted by atomic mass is 9.97. The molecule has 1 atom stereocenters. The molecule has 3 heterocycles. The molecule has 3 rings (SSSR count). The van der Waals surface area contributed by atoms with Gasteiger partial charge in [-0.25, -0.2) is 9.97 Å². The maximum atomic E-state index is 12.6. The molecule has 0 unspecified atom stereocenters.